The number of benzene rings is 1. The number of fused-ring (bicyclic) bond motifs is 2. The Morgan fingerprint density at radius 2 is 1.76 bits per heavy atom. The van der Waals surface area contributed by atoms with Crippen LogP contribution in [0.4, 0.5) is 0 Å². The Kier molecular flexibility index (Phi) is 4.81. The summed E-state index contributed by atoms with van der Waals surface area (Å²) in [5.41, 5.74) is 1.24. The number of rotatable bonds is 5. The van der Waals surface area contributed by atoms with Crippen LogP contribution in [-0.4, -0.2) is 36.7 Å². The van der Waals surface area contributed by atoms with E-state index in [-0.39, 0.29) is 0 Å². The second-order valence-corrected chi connectivity index (χ2v) is 6.32. The van der Waals surface area contributed by atoms with Crippen LogP contribution in [0.2, 0.25) is 0 Å². The second kappa shape index (κ2) is 6.80. The molecule has 21 heavy (non-hydrogen) atoms. The Morgan fingerprint density at radius 1 is 1.10 bits per heavy atom. The van der Waals surface area contributed by atoms with Gasteiger partial charge in [-0.05, 0) is 49.9 Å². The highest BCUT2D eigenvalue weighted by molar-refractivity contribution is 5.26. The van der Waals surface area contributed by atoms with Gasteiger partial charge in [-0.25, -0.2) is 0 Å². The molecule has 0 aliphatic carbocycles. The number of hydrogen-bond acceptors (Lipinski definition) is 3. The summed E-state index contributed by atoms with van der Waals surface area (Å²) in [4.78, 5) is 2.71. The molecule has 3 rings (SSSR count). The van der Waals surface area contributed by atoms with Gasteiger partial charge in [0, 0.05) is 12.1 Å². The van der Waals surface area contributed by atoms with Crippen LogP contribution in [0.15, 0.2) is 24.3 Å². The van der Waals surface area contributed by atoms with Gasteiger partial charge in [0.25, 0.3) is 0 Å². The smallest absolute Gasteiger partial charge is 0.118 e. The quantitative estimate of drug-likeness (QED) is 0.826. The van der Waals surface area contributed by atoms with Gasteiger partial charge in [0.05, 0.1) is 19.8 Å². The normalized spacial score (nSPS) is 29.3. The van der Waals surface area contributed by atoms with Crippen molar-refractivity contribution in [2.24, 2.45) is 0 Å². The van der Waals surface area contributed by atoms with Crippen molar-refractivity contribution in [2.45, 2.75) is 63.8 Å². The van der Waals surface area contributed by atoms with Crippen LogP contribution in [0, 0.1) is 0 Å². The average Bonchev–Trinajstić information content (AvgIpc) is 2.52. The lowest BCUT2D eigenvalue weighted by molar-refractivity contribution is -0.0642. The highest BCUT2D eigenvalue weighted by Gasteiger charge is 2.37. The molecule has 2 aliphatic rings. The Hall–Kier alpha value is -1.06. The van der Waals surface area contributed by atoms with Crippen molar-refractivity contribution < 1.29 is 9.47 Å². The largest absolute Gasteiger partial charge is 0.497 e. The Balaban J connectivity index is 1.54. The van der Waals surface area contributed by atoms with Crippen molar-refractivity contribution in [3.05, 3.63) is 29.8 Å². The second-order valence-electron chi connectivity index (χ2n) is 6.32. The molecule has 1 aromatic carbocycles. The number of piperidine rings is 2. The lowest BCUT2D eigenvalue weighted by atomic mass is 9.83. The zero-order valence-electron chi connectivity index (χ0n) is 13.3. The van der Waals surface area contributed by atoms with E-state index in [0.29, 0.717) is 6.10 Å². The molecule has 2 fully saturated rings. The molecule has 1 aromatic rings. The van der Waals surface area contributed by atoms with Crippen LogP contribution in [0.1, 0.15) is 44.6 Å². The molecule has 2 unspecified atom stereocenters. The lowest BCUT2D eigenvalue weighted by Gasteiger charge is -2.48. The summed E-state index contributed by atoms with van der Waals surface area (Å²) in [5.74, 6) is 0.907. The molecule has 0 spiro atoms. The first kappa shape index (κ1) is 14.9. The van der Waals surface area contributed by atoms with E-state index >= 15 is 0 Å². The first-order valence-electron chi connectivity index (χ1n) is 8.30. The van der Waals surface area contributed by atoms with Crippen molar-refractivity contribution in [1.29, 1.82) is 0 Å². The first-order valence-corrected chi connectivity index (χ1v) is 8.30. The standard InChI is InChI=1S/C18H27NO2/c1-3-19-15-5-4-6-16(19)12-18(11-15)21-13-14-7-9-17(20-2)10-8-14/h7-10,15-16,18H,3-6,11-13H2,1-2H3. The van der Waals surface area contributed by atoms with Gasteiger partial charge >= 0.3 is 0 Å². The molecule has 0 radical (unpaired) electrons. The molecule has 116 valence electrons. The summed E-state index contributed by atoms with van der Waals surface area (Å²) >= 11 is 0. The molecule has 0 amide bonds. The van der Waals surface area contributed by atoms with Crippen molar-refractivity contribution in [3.8, 4) is 5.75 Å². The van der Waals surface area contributed by atoms with Gasteiger partial charge in [0.1, 0.15) is 5.75 Å². The maximum atomic E-state index is 6.20. The molecule has 2 saturated heterocycles. The summed E-state index contributed by atoms with van der Waals surface area (Å²) in [7, 11) is 1.70. The van der Waals surface area contributed by atoms with Gasteiger partial charge in [-0.3, -0.25) is 4.90 Å². The first-order chi connectivity index (χ1) is 10.3. The monoisotopic (exact) mass is 289 g/mol. The molecule has 3 heteroatoms. The van der Waals surface area contributed by atoms with Crippen LogP contribution >= 0.6 is 0 Å². The SMILES string of the molecule is CCN1C2CCCC1CC(OCc1ccc(OC)cc1)C2. The number of hydrogen-bond donors (Lipinski definition) is 0. The van der Waals surface area contributed by atoms with Gasteiger partial charge in [-0.2, -0.15) is 0 Å². The number of methoxy groups -OCH3 is 1. The van der Waals surface area contributed by atoms with E-state index in [1.165, 1.54) is 44.2 Å². The maximum Gasteiger partial charge on any atom is 0.118 e. The van der Waals surface area contributed by atoms with E-state index in [1.54, 1.807) is 7.11 Å². The summed E-state index contributed by atoms with van der Waals surface area (Å²) in [6.45, 7) is 4.21. The molecular weight excluding hydrogens is 262 g/mol. The van der Waals surface area contributed by atoms with Gasteiger partial charge in [0.2, 0.25) is 0 Å². The van der Waals surface area contributed by atoms with Crippen molar-refractivity contribution in [2.75, 3.05) is 13.7 Å². The maximum absolute atomic E-state index is 6.20. The van der Waals surface area contributed by atoms with Gasteiger partial charge in [0.15, 0.2) is 0 Å². The zero-order valence-corrected chi connectivity index (χ0v) is 13.3. The Bertz CT molecular complexity index is 431. The van der Waals surface area contributed by atoms with E-state index in [9.17, 15) is 0 Å². The summed E-state index contributed by atoms with van der Waals surface area (Å²) in [6.07, 6.45) is 6.96. The predicted molar refractivity (Wildman–Crippen MR) is 84.6 cm³/mol. The highest BCUT2D eigenvalue weighted by atomic mass is 16.5. The fourth-order valence-electron chi connectivity index (χ4n) is 4.02. The summed E-state index contributed by atoms with van der Waals surface area (Å²) < 4.78 is 11.4. The Labute approximate surface area is 128 Å². The topological polar surface area (TPSA) is 21.7 Å². The fourth-order valence-corrected chi connectivity index (χ4v) is 4.02. The van der Waals surface area contributed by atoms with E-state index in [4.69, 9.17) is 9.47 Å². The molecule has 0 aromatic heterocycles. The molecular formula is C18H27NO2. The zero-order chi connectivity index (χ0) is 14.7. The lowest BCUT2D eigenvalue weighted by Crippen LogP contribution is -2.53. The summed E-state index contributed by atoms with van der Waals surface area (Å²) in [5, 5.41) is 0. The predicted octanol–water partition coefficient (Wildman–Crippen LogP) is 3.62. The van der Waals surface area contributed by atoms with Crippen LogP contribution in [0.3, 0.4) is 0 Å². The van der Waals surface area contributed by atoms with Crippen LogP contribution in [-0.2, 0) is 11.3 Å². The van der Waals surface area contributed by atoms with Crippen molar-refractivity contribution >= 4 is 0 Å². The van der Waals surface area contributed by atoms with Gasteiger partial charge in [-0.1, -0.05) is 25.5 Å². The van der Waals surface area contributed by atoms with E-state index in [2.05, 4.69) is 24.0 Å². The van der Waals surface area contributed by atoms with Crippen molar-refractivity contribution in [3.63, 3.8) is 0 Å². The molecule has 2 heterocycles. The van der Waals surface area contributed by atoms with Crippen LogP contribution in [0.5, 0.6) is 5.75 Å². The fraction of sp³-hybridized carbons (Fsp3) is 0.667. The van der Waals surface area contributed by atoms with Crippen LogP contribution in [0.25, 0.3) is 0 Å². The Morgan fingerprint density at radius 3 is 2.33 bits per heavy atom. The molecule has 2 aliphatic heterocycles. The molecule has 0 N–H and O–H groups in total. The van der Waals surface area contributed by atoms with Gasteiger partial charge in [-0.15, -0.1) is 0 Å². The third-order valence-electron chi connectivity index (χ3n) is 5.09. The average molecular weight is 289 g/mol. The van der Waals surface area contributed by atoms with Crippen LogP contribution < -0.4 is 4.74 Å². The minimum absolute atomic E-state index is 0.435. The molecule has 0 saturated carbocycles. The molecule has 2 bridgehead atoms. The van der Waals surface area contributed by atoms with E-state index in [1.807, 2.05) is 12.1 Å². The van der Waals surface area contributed by atoms with Gasteiger partial charge < -0.3 is 9.47 Å². The third kappa shape index (κ3) is 3.41. The van der Waals surface area contributed by atoms with Crippen molar-refractivity contribution in [1.82, 2.24) is 4.90 Å². The highest BCUT2D eigenvalue weighted by Crippen LogP contribution is 2.35. The summed E-state index contributed by atoms with van der Waals surface area (Å²) in [6, 6.07) is 9.72. The third-order valence-corrected chi connectivity index (χ3v) is 5.09. The number of ether oxygens (including phenoxy) is 2. The molecule has 2 atom stereocenters. The van der Waals surface area contributed by atoms with E-state index in [0.717, 1.165) is 24.4 Å². The minimum atomic E-state index is 0.435. The molecule has 3 nitrogen and oxygen atoms in total. The minimum Gasteiger partial charge on any atom is -0.497 e. The number of nitrogens with zero attached hydrogens (tertiary/aromatic N) is 1. The van der Waals surface area contributed by atoms with E-state index < -0.39 is 0 Å².